The van der Waals surface area contributed by atoms with Gasteiger partial charge in [0, 0.05) is 20.3 Å². The lowest BCUT2D eigenvalue weighted by atomic mass is 9.94. The highest BCUT2D eigenvalue weighted by Gasteiger charge is 2.41. The van der Waals surface area contributed by atoms with E-state index in [4.69, 9.17) is 4.74 Å². The molecule has 20 heavy (non-hydrogen) atoms. The van der Waals surface area contributed by atoms with Gasteiger partial charge in [0.2, 0.25) is 5.91 Å². The smallest absolute Gasteiger partial charge is 0.228 e. The van der Waals surface area contributed by atoms with Gasteiger partial charge in [0.05, 0.1) is 18.6 Å². The van der Waals surface area contributed by atoms with Crippen LogP contribution in [0, 0.1) is 11.8 Å². The predicted octanol–water partition coefficient (Wildman–Crippen LogP) is 1.85. The molecule has 1 saturated heterocycles. The molecule has 2 rings (SSSR count). The lowest BCUT2D eigenvalue weighted by Crippen LogP contribution is -2.31. The van der Waals surface area contributed by atoms with Crippen molar-refractivity contribution in [3.05, 3.63) is 35.9 Å². The van der Waals surface area contributed by atoms with E-state index < -0.39 is 0 Å². The summed E-state index contributed by atoms with van der Waals surface area (Å²) < 4.78 is 5.10. The Kier molecular flexibility index (Phi) is 5.15. The fraction of sp³-hybridized carbons (Fsp3) is 0.562. The SMILES string of the molecule is COCCC1CN(C(C)c2ccccc2)C(=O)C1CO. The number of nitrogens with zero attached hydrogens (tertiary/aromatic N) is 1. The van der Waals surface area contributed by atoms with Crippen LogP contribution in [0.3, 0.4) is 0 Å². The van der Waals surface area contributed by atoms with Crippen molar-refractivity contribution in [1.82, 2.24) is 4.90 Å². The van der Waals surface area contributed by atoms with Gasteiger partial charge in [0.1, 0.15) is 0 Å². The molecule has 1 aliphatic heterocycles. The number of carbonyl (C=O) groups excluding carboxylic acids is 1. The van der Waals surface area contributed by atoms with Crippen molar-refractivity contribution >= 4 is 5.91 Å². The van der Waals surface area contributed by atoms with Crippen LogP contribution in [-0.2, 0) is 9.53 Å². The maximum absolute atomic E-state index is 12.5. The van der Waals surface area contributed by atoms with E-state index in [1.807, 2.05) is 42.2 Å². The number of methoxy groups -OCH3 is 1. The average Bonchev–Trinajstić information content (AvgIpc) is 2.81. The minimum absolute atomic E-state index is 0.0466. The van der Waals surface area contributed by atoms with Gasteiger partial charge in [-0.1, -0.05) is 30.3 Å². The largest absolute Gasteiger partial charge is 0.396 e. The number of hydrogen-bond acceptors (Lipinski definition) is 3. The quantitative estimate of drug-likeness (QED) is 0.863. The maximum atomic E-state index is 12.5. The Hall–Kier alpha value is -1.39. The number of amides is 1. The zero-order valence-corrected chi connectivity index (χ0v) is 12.2. The topological polar surface area (TPSA) is 49.8 Å². The Labute approximate surface area is 120 Å². The Bertz CT molecular complexity index is 435. The average molecular weight is 277 g/mol. The summed E-state index contributed by atoms with van der Waals surface area (Å²) in [5.74, 6) is -0.0418. The highest BCUT2D eigenvalue weighted by molar-refractivity contribution is 5.82. The molecule has 110 valence electrons. The van der Waals surface area contributed by atoms with Crippen LogP contribution in [0.1, 0.15) is 24.9 Å². The number of aliphatic hydroxyl groups excluding tert-OH is 1. The first-order valence-corrected chi connectivity index (χ1v) is 7.14. The van der Waals surface area contributed by atoms with Crippen LogP contribution >= 0.6 is 0 Å². The summed E-state index contributed by atoms with van der Waals surface area (Å²) in [5.41, 5.74) is 1.13. The summed E-state index contributed by atoms with van der Waals surface area (Å²) in [6.07, 6.45) is 0.811. The molecule has 1 heterocycles. The van der Waals surface area contributed by atoms with Gasteiger partial charge in [-0.2, -0.15) is 0 Å². The van der Waals surface area contributed by atoms with Crippen LogP contribution in [0.4, 0.5) is 0 Å². The van der Waals surface area contributed by atoms with Gasteiger partial charge in [0.25, 0.3) is 0 Å². The molecule has 4 nitrogen and oxygen atoms in total. The molecule has 1 aliphatic rings. The molecule has 1 aromatic carbocycles. The summed E-state index contributed by atoms with van der Waals surface area (Å²) in [6, 6.07) is 10.1. The van der Waals surface area contributed by atoms with Crippen LogP contribution in [0.5, 0.6) is 0 Å². The Morgan fingerprint density at radius 3 is 2.70 bits per heavy atom. The summed E-state index contributed by atoms with van der Waals surface area (Å²) >= 11 is 0. The molecule has 1 N–H and O–H groups in total. The Morgan fingerprint density at radius 1 is 1.40 bits per heavy atom. The van der Waals surface area contributed by atoms with Gasteiger partial charge in [-0.25, -0.2) is 0 Å². The van der Waals surface area contributed by atoms with E-state index in [2.05, 4.69) is 0 Å². The molecular formula is C16H23NO3. The molecule has 0 saturated carbocycles. The number of rotatable bonds is 6. The van der Waals surface area contributed by atoms with E-state index >= 15 is 0 Å². The third-order valence-electron chi connectivity index (χ3n) is 4.24. The lowest BCUT2D eigenvalue weighted by Gasteiger charge is -2.25. The van der Waals surface area contributed by atoms with Crippen molar-refractivity contribution < 1.29 is 14.6 Å². The van der Waals surface area contributed by atoms with Crippen molar-refractivity contribution in [3.63, 3.8) is 0 Å². The molecule has 0 spiro atoms. The molecule has 0 aromatic heterocycles. The van der Waals surface area contributed by atoms with E-state index in [9.17, 15) is 9.90 Å². The van der Waals surface area contributed by atoms with Gasteiger partial charge in [-0.15, -0.1) is 0 Å². The number of aliphatic hydroxyl groups is 1. The second kappa shape index (κ2) is 6.86. The fourth-order valence-electron chi connectivity index (χ4n) is 2.93. The number of hydrogen-bond donors (Lipinski definition) is 1. The normalized spacial score (nSPS) is 24.1. The molecule has 3 atom stereocenters. The summed E-state index contributed by atoms with van der Waals surface area (Å²) in [7, 11) is 1.66. The van der Waals surface area contributed by atoms with E-state index in [0.29, 0.717) is 13.2 Å². The summed E-state index contributed by atoms with van der Waals surface area (Å²) in [5, 5.41) is 9.49. The monoisotopic (exact) mass is 277 g/mol. The van der Waals surface area contributed by atoms with Gasteiger partial charge >= 0.3 is 0 Å². The Balaban J connectivity index is 2.11. The Morgan fingerprint density at radius 2 is 2.10 bits per heavy atom. The first-order valence-electron chi connectivity index (χ1n) is 7.14. The summed E-state index contributed by atoms with van der Waals surface area (Å²) in [4.78, 5) is 14.3. The number of ether oxygens (including phenoxy) is 1. The molecule has 0 aliphatic carbocycles. The van der Waals surface area contributed by atoms with E-state index in [1.54, 1.807) is 7.11 Å². The van der Waals surface area contributed by atoms with Crippen molar-refractivity contribution in [2.24, 2.45) is 11.8 Å². The third kappa shape index (κ3) is 3.02. The van der Waals surface area contributed by atoms with Crippen LogP contribution < -0.4 is 0 Å². The standard InChI is InChI=1S/C16H23NO3/c1-12(13-6-4-3-5-7-13)17-10-14(8-9-20-2)15(11-18)16(17)19/h3-7,12,14-15,18H,8-11H2,1-2H3. The third-order valence-corrected chi connectivity index (χ3v) is 4.24. The van der Waals surface area contributed by atoms with Crippen molar-refractivity contribution in [2.45, 2.75) is 19.4 Å². The second-order valence-corrected chi connectivity index (χ2v) is 5.41. The fourth-order valence-corrected chi connectivity index (χ4v) is 2.93. The molecule has 3 unspecified atom stereocenters. The number of benzene rings is 1. The highest BCUT2D eigenvalue weighted by atomic mass is 16.5. The molecule has 1 amide bonds. The van der Waals surface area contributed by atoms with Crippen LogP contribution in [0.15, 0.2) is 30.3 Å². The zero-order chi connectivity index (χ0) is 14.5. The lowest BCUT2D eigenvalue weighted by molar-refractivity contribution is -0.134. The zero-order valence-electron chi connectivity index (χ0n) is 12.2. The van der Waals surface area contributed by atoms with Gasteiger partial charge < -0.3 is 14.7 Å². The predicted molar refractivity (Wildman–Crippen MR) is 77.1 cm³/mol. The van der Waals surface area contributed by atoms with E-state index in [1.165, 1.54) is 0 Å². The van der Waals surface area contributed by atoms with E-state index in [-0.39, 0.29) is 30.4 Å². The van der Waals surface area contributed by atoms with E-state index in [0.717, 1.165) is 12.0 Å². The minimum atomic E-state index is -0.281. The molecule has 0 radical (unpaired) electrons. The van der Waals surface area contributed by atoms with Gasteiger partial charge in [0.15, 0.2) is 0 Å². The van der Waals surface area contributed by atoms with Crippen LogP contribution in [0.2, 0.25) is 0 Å². The molecular weight excluding hydrogens is 254 g/mol. The number of likely N-dealkylation sites (tertiary alicyclic amines) is 1. The van der Waals surface area contributed by atoms with Crippen LogP contribution in [0.25, 0.3) is 0 Å². The molecule has 1 fully saturated rings. The van der Waals surface area contributed by atoms with Crippen molar-refractivity contribution in [3.8, 4) is 0 Å². The second-order valence-electron chi connectivity index (χ2n) is 5.41. The van der Waals surface area contributed by atoms with Crippen LogP contribution in [-0.4, -0.2) is 42.8 Å². The number of carbonyl (C=O) groups is 1. The minimum Gasteiger partial charge on any atom is -0.396 e. The van der Waals surface area contributed by atoms with Crippen molar-refractivity contribution in [1.29, 1.82) is 0 Å². The first kappa shape index (κ1) is 15.0. The molecule has 1 aromatic rings. The van der Waals surface area contributed by atoms with Crippen molar-refractivity contribution in [2.75, 3.05) is 26.9 Å². The van der Waals surface area contributed by atoms with Gasteiger partial charge in [-0.3, -0.25) is 4.79 Å². The highest BCUT2D eigenvalue weighted by Crippen LogP contribution is 2.33. The first-order chi connectivity index (χ1) is 9.69. The molecule has 4 heteroatoms. The summed E-state index contributed by atoms with van der Waals surface area (Å²) in [6.45, 7) is 3.29. The molecule has 0 bridgehead atoms. The van der Waals surface area contributed by atoms with Gasteiger partial charge in [-0.05, 0) is 24.8 Å². The maximum Gasteiger partial charge on any atom is 0.228 e.